The van der Waals surface area contributed by atoms with E-state index in [4.69, 9.17) is 5.73 Å². The zero-order valence-corrected chi connectivity index (χ0v) is 7.77. The van der Waals surface area contributed by atoms with Crippen LogP contribution in [0.5, 0.6) is 0 Å². The maximum absolute atomic E-state index is 5.63. The van der Waals surface area contributed by atoms with Gasteiger partial charge in [0.05, 0.1) is 6.04 Å². The zero-order chi connectivity index (χ0) is 8.27. The van der Waals surface area contributed by atoms with E-state index in [1.807, 2.05) is 0 Å². The van der Waals surface area contributed by atoms with E-state index >= 15 is 0 Å². The smallest absolute Gasteiger partial charge is 0.0559 e. The summed E-state index contributed by atoms with van der Waals surface area (Å²) in [5, 5.41) is 2.08. The van der Waals surface area contributed by atoms with Crippen molar-refractivity contribution in [1.82, 2.24) is 4.90 Å². The van der Waals surface area contributed by atoms with Crippen molar-refractivity contribution in [2.45, 2.75) is 6.04 Å². The van der Waals surface area contributed by atoms with Crippen LogP contribution in [0.25, 0.3) is 0 Å². The van der Waals surface area contributed by atoms with Gasteiger partial charge in [-0.15, -0.1) is 11.3 Å². The molecule has 0 saturated carbocycles. The van der Waals surface area contributed by atoms with Crippen molar-refractivity contribution in [2.24, 2.45) is 5.73 Å². The van der Waals surface area contributed by atoms with Crippen LogP contribution in [0.15, 0.2) is 17.5 Å². The molecule has 0 saturated heterocycles. The van der Waals surface area contributed by atoms with Gasteiger partial charge in [0.25, 0.3) is 0 Å². The highest BCUT2D eigenvalue weighted by Crippen LogP contribution is 2.21. The number of rotatable bonds is 3. The van der Waals surface area contributed by atoms with Gasteiger partial charge in [0, 0.05) is 11.4 Å². The third-order valence-electron chi connectivity index (χ3n) is 1.72. The van der Waals surface area contributed by atoms with E-state index in [0.29, 0.717) is 12.6 Å². The van der Waals surface area contributed by atoms with Crippen LogP contribution in [0.2, 0.25) is 0 Å². The molecule has 0 spiro atoms. The molecule has 2 nitrogen and oxygen atoms in total. The van der Waals surface area contributed by atoms with Crippen LogP contribution in [0, 0.1) is 0 Å². The standard InChI is InChI=1S/C8H14N2S/c1-10(2)7(6-9)8-4-3-5-11-8/h3-5,7H,6,9H2,1-2H3. The highest BCUT2D eigenvalue weighted by atomic mass is 32.1. The average Bonchev–Trinajstić information content (AvgIpc) is 2.40. The van der Waals surface area contributed by atoms with Crippen molar-refractivity contribution in [1.29, 1.82) is 0 Å². The average molecular weight is 170 g/mol. The summed E-state index contributed by atoms with van der Waals surface area (Å²) < 4.78 is 0. The molecular formula is C8H14N2S. The van der Waals surface area contributed by atoms with Crippen molar-refractivity contribution in [3.05, 3.63) is 22.4 Å². The van der Waals surface area contributed by atoms with Crippen LogP contribution >= 0.6 is 11.3 Å². The second kappa shape index (κ2) is 3.85. The van der Waals surface area contributed by atoms with Gasteiger partial charge in [-0.1, -0.05) is 6.07 Å². The highest BCUT2D eigenvalue weighted by Gasteiger charge is 2.11. The van der Waals surface area contributed by atoms with Crippen molar-refractivity contribution in [2.75, 3.05) is 20.6 Å². The summed E-state index contributed by atoms with van der Waals surface area (Å²) in [4.78, 5) is 3.49. The van der Waals surface area contributed by atoms with Gasteiger partial charge in [-0.25, -0.2) is 0 Å². The Bertz CT molecular complexity index is 194. The van der Waals surface area contributed by atoms with Crippen molar-refractivity contribution in [3.63, 3.8) is 0 Å². The molecule has 0 bridgehead atoms. The first-order valence-electron chi connectivity index (χ1n) is 3.65. The molecule has 1 aromatic heterocycles. The molecular weight excluding hydrogens is 156 g/mol. The van der Waals surface area contributed by atoms with E-state index in [1.54, 1.807) is 11.3 Å². The molecule has 0 radical (unpaired) electrons. The molecule has 0 amide bonds. The number of likely N-dealkylation sites (N-methyl/N-ethyl adjacent to an activating group) is 1. The first-order valence-corrected chi connectivity index (χ1v) is 4.53. The van der Waals surface area contributed by atoms with Gasteiger partial charge < -0.3 is 10.6 Å². The van der Waals surface area contributed by atoms with E-state index in [-0.39, 0.29) is 0 Å². The zero-order valence-electron chi connectivity index (χ0n) is 6.95. The van der Waals surface area contributed by atoms with Crippen molar-refractivity contribution < 1.29 is 0 Å². The summed E-state index contributed by atoms with van der Waals surface area (Å²) in [6.45, 7) is 0.688. The number of nitrogens with two attached hydrogens (primary N) is 1. The van der Waals surface area contributed by atoms with Gasteiger partial charge in [-0.3, -0.25) is 0 Å². The predicted molar refractivity (Wildman–Crippen MR) is 49.8 cm³/mol. The van der Waals surface area contributed by atoms with E-state index in [2.05, 4.69) is 36.5 Å². The molecule has 0 fully saturated rings. The summed E-state index contributed by atoms with van der Waals surface area (Å²) in [5.74, 6) is 0. The molecule has 0 aliphatic rings. The maximum Gasteiger partial charge on any atom is 0.0559 e. The summed E-state index contributed by atoms with van der Waals surface area (Å²) in [7, 11) is 4.11. The van der Waals surface area contributed by atoms with Gasteiger partial charge in [-0.2, -0.15) is 0 Å². The minimum Gasteiger partial charge on any atom is -0.329 e. The monoisotopic (exact) mass is 170 g/mol. The van der Waals surface area contributed by atoms with Crippen molar-refractivity contribution in [3.8, 4) is 0 Å². The Morgan fingerprint density at radius 3 is 2.73 bits per heavy atom. The van der Waals surface area contributed by atoms with Crippen LogP contribution < -0.4 is 5.73 Å². The summed E-state index contributed by atoms with van der Waals surface area (Å²) >= 11 is 1.76. The number of thiophene rings is 1. The minimum absolute atomic E-state index is 0.384. The third-order valence-corrected chi connectivity index (χ3v) is 2.69. The minimum atomic E-state index is 0.384. The molecule has 0 aliphatic carbocycles. The van der Waals surface area contributed by atoms with Gasteiger partial charge >= 0.3 is 0 Å². The Morgan fingerprint density at radius 2 is 2.36 bits per heavy atom. The Morgan fingerprint density at radius 1 is 1.64 bits per heavy atom. The first kappa shape index (κ1) is 8.71. The Kier molecular flexibility index (Phi) is 3.05. The van der Waals surface area contributed by atoms with E-state index in [1.165, 1.54) is 4.88 Å². The van der Waals surface area contributed by atoms with Crippen molar-refractivity contribution >= 4 is 11.3 Å². The maximum atomic E-state index is 5.63. The fraction of sp³-hybridized carbons (Fsp3) is 0.500. The highest BCUT2D eigenvalue weighted by molar-refractivity contribution is 7.10. The first-order chi connectivity index (χ1) is 5.25. The Labute approximate surface area is 71.6 Å². The lowest BCUT2D eigenvalue weighted by molar-refractivity contribution is 0.310. The molecule has 3 heteroatoms. The van der Waals surface area contributed by atoms with E-state index < -0.39 is 0 Å². The molecule has 0 aliphatic heterocycles. The van der Waals surface area contributed by atoms with E-state index in [9.17, 15) is 0 Å². The van der Waals surface area contributed by atoms with Crippen LogP contribution in [0.1, 0.15) is 10.9 Å². The molecule has 62 valence electrons. The summed E-state index contributed by atoms with van der Waals surface area (Å²) in [5.41, 5.74) is 5.63. The molecule has 1 unspecified atom stereocenters. The second-order valence-electron chi connectivity index (χ2n) is 2.73. The molecule has 2 N–H and O–H groups in total. The molecule has 1 rings (SSSR count). The molecule has 1 atom stereocenters. The normalized spacial score (nSPS) is 13.8. The SMILES string of the molecule is CN(C)C(CN)c1cccs1. The van der Waals surface area contributed by atoms with Gasteiger partial charge in [0.1, 0.15) is 0 Å². The molecule has 1 aromatic rings. The molecule has 0 aromatic carbocycles. The lowest BCUT2D eigenvalue weighted by Gasteiger charge is -2.20. The molecule has 11 heavy (non-hydrogen) atoms. The van der Waals surface area contributed by atoms with Gasteiger partial charge in [0.2, 0.25) is 0 Å². The summed E-state index contributed by atoms with van der Waals surface area (Å²) in [6, 6.07) is 4.57. The van der Waals surface area contributed by atoms with Crippen LogP contribution in [0.4, 0.5) is 0 Å². The second-order valence-corrected chi connectivity index (χ2v) is 3.71. The van der Waals surface area contributed by atoms with Gasteiger partial charge in [0.15, 0.2) is 0 Å². The lowest BCUT2D eigenvalue weighted by atomic mass is 10.2. The largest absolute Gasteiger partial charge is 0.329 e. The van der Waals surface area contributed by atoms with Crippen LogP contribution in [0.3, 0.4) is 0 Å². The van der Waals surface area contributed by atoms with Gasteiger partial charge in [-0.05, 0) is 25.5 Å². The molecule has 1 heterocycles. The van der Waals surface area contributed by atoms with Crippen LogP contribution in [-0.2, 0) is 0 Å². The Hall–Kier alpha value is -0.380. The third kappa shape index (κ3) is 2.02. The predicted octanol–water partition coefficient (Wildman–Crippen LogP) is 1.31. The fourth-order valence-electron chi connectivity index (χ4n) is 1.06. The summed E-state index contributed by atoms with van der Waals surface area (Å²) in [6.07, 6.45) is 0. The number of hydrogen-bond acceptors (Lipinski definition) is 3. The Balaban J connectivity index is 2.71. The lowest BCUT2D eigenvalue weighted by Crippen LogP contribution is -2.26. The quantitative estimate of drug-likeness (QED) is 0.741. The number of hydrogen-bond donors (Lipinski definition) is 1. The topological polar surface area (TPSA) is 29.3 Å². The fourth-order valence-corrected chi connectivity index (χ4v) is 2.00. The number of nitrogens with zero attached hydrogens (tertiary/aromatic N) is 1. The van der Waals surface area contributed by atoms with Crippen LogP contribution in [-0.4, -0.2) is 25.5 Å². The van der Waals surface area contributed by atoms with E-state index in [0.717, 1.165) is 0 Å².